The number of amides is 1. The van der Waals surface area contributed by atoms with Gasteiger partial charge in [-0.2, -0.15) is 14.0 Å². The summed E-state index contributed by atoms with van der Waals surface area (Å²) in [5.41, 5.74) is 2.82. The lowest BCUT2D eigenvalue weighted by Crippen LogP contribution is -2.16. The summed E-state index contributed by atoms with van der Waals surface area (Å²) in [6, 6.07) is 11.9. The van der Waals surface area contributed by atoms with Gasteiger partial charge >= 0.3 is 6.61 Å². The van der Waals surface area contributed by atoms with Crippen molar-refractivity contribution < 1.29 is 23.0 Å². The van der Waals surface area contributed by atoms with Crippen LogP contribution in [0, 0.1) is 11.3 Å². The fourth-order valence-corrected chi connectivity index (χ4v) is 2.87. The number of ether oxygens (including phenoxy) is 2. The first-order valence-electron chi connectivity index (χ1n) is 9.10. The van der Waals surface area contributed by atoms with Gasteiger partial charge in [0.05, 0.1) is 7.11 Å². The van der Waals surface area contributed by atoms with Crippen molar-refractivity contribution in [3.8, 4) is 17.6 Å². The molecular formula is C22H22F2N2O3. The Kier molecular flexibility index (Phi) is 7.72. The predicted octanol–water partition coefficient (Wildman–Crippen LogP) is 4.97. The Morgan fingerprint density at radius 1 is 1.17 bits per heavy atom. The number of nitrogens with one attached hydrogen (secondary N) is 1. The molecule has 0 saturated heterocycles. The van der Waals surface area contributed by atoms with Crippen LogP contribution in [0.2, 0.25) is 0 Å². The molecule has 0 aliphatic heterocycles. The summed E-state index contributed by atoms with van der Waals surface area (Å²) >= 11 is 0. The molecule has 29 heavy (non-hydrogen) atoms. The number of hydrogen-bond acceptors (Lipinski definition) is 4. The third-order valence-corrected chi connectivity index (χ3v) is 4.32. The molecule has 2 rings (SSSR count). The summed E-state index contributed by atoms with van der Waals surface area (Å²) in [6.45, 7) is 0.931. The summed E-state index contributed by atoms with van der Waals surface area (Å²) < 4.78 is 34.6. The first kappa shape index (κ1) is 21.9. The number of para-hydroxylation sites is 1. The molecule has 0 aromatic heterocycles. The molecule has 1 N–H and O–H groups in total. The number of methoxy groups -OCH3 is 1. The Hall–Kier alpha value is -3.40. The Morgan fingerprint density at radius 2 is 1.83 bits per heavy atom. The van der Waals surface area contributed by atoms with Gasteiger partial charge in [0.15, 0.2) is 11.5 Å². The first-order valence-corrected chi connectivity index (χ1v) is 9.10. The highest BCUT2D eigenvalue weighted by Crippen LogP contribution is 2.30. The molecule has 2 aromatic rings. The maximum atomic E-state index is 12.7. The van der Waals surface area contributed by atoms with Crippen molar-refractivity contribution in [1.29, 1.82) is 5.26 Å². The Labute approximate surface area is 168 Å². The second-order valence-electron chi connectivity index (χ2n) is 6.07. The van der Waals surface area contributed by atoms with Crippen molar-refractivity contribution in [2.45, 2.75) is 33.3 Å². The number of anilines is 1. The summed E-state index contributed by atoms with van der Waals surface area (Å²) in [5.74, 6) is -0.635. The molecule has 2 aromatic carbocycles. The number of nitrogens with zero attached hydrogens (tertiary/aromatic N) is 1. The summed E-state index contributed by atoms with van der Waals surface area (Å²) in [6.07, 6.45) is 2.76. The van der Waals surface area contributed by atoms with Crippen molar-refractivity contribution >= 4 is 17.7 Å². The van der Waals surface area contributed by atoms with Crippen molar-refractivity contribution in [3.63, 3.8) is 0 Å². The summed E-state index contributed by atoms with van der Waals surface area (Å²) in [7, 11) is 1.33. The number of hydrogen-bond donors (Lipinski definition) is 1. The summed E-state index contributed by atoms with van der Waals surface area (Å²) in [4.78, 5) is 12.7. The lowest BCUT2D eigenvalue weighted by molar-refractivity contribution is -0.112. The molecule has 1 amide bonds. The molecule has 0 bridgehead atoms. The van der Waals surface area contributed by atoms with Gasteiger partial charge in [-0.05, 0) is 47.7 Å². The number of benzene rings is 2. The van der Waals surface area contributed by atoms with Gasteiger partial charge in [-0.25, -0.2) is 0 Å². The zero-order valence-electron chi connectivity index (χ0n) is 16.5. The number of aryl methyl sites for hydroxylation is 2. The van der Waals surface area contributed by atoms with E-state index in [1.807, 2.05) is 38.1 Å². The SMILES string of the molecule is CCc1cccc(CC)c1NC(=O)/C(C#N)=C/c1ccc(OC)c(OC(F)F)c1. The van der Waals surface area contributed by atoms with E-state index in [0.29, 0.717) is 11.3 Å². The molecule has 0 unspecified atom stereocenters. The largest absolute Gasteiger partial charge is 0.493 e. The number of halogens is 2. The van der Waals surface area contributed by atoms with Gasteiger partial charge < -0.3 is 14.8 Å². The van der Waals surface area contributed by atoms with Crippen LogP contribution >= 0.6 is 0 Å². The van der Waals surface area contributed by atoms with Gasteiger partial charge in [0.1, 0.15) is 11.6 Å². The topological polar surface area (TPSA) is 71.4 Å². The van der Waals surface area contributed by atoms with E-state index in [2.05, 4.69) is 10.1 Å². The first-order chi connectivity index (χ1) is 13.9. The van der Waals surface area contributed by atoms with E-state index >= 15 is 0 Å². The average molecular weight is 400 g/mol. The van der Waals surface area contributed by atoms with E-state index < -0.39 is 12.5 Å². The van der Waals surface area contributed by atoms with Crippen LogP contribution in [0.25, 0.3) is 6.08 Å². The Morgan fingerprint density at radius 3 is 2.34 bits per heavy atom. The van der Waals surface area contributed by atoms with Gasteiger partial charge in [0.25, 0.3) is 5.91 Å². The second-order valence-corrected chi connectivity index (χ2v) is 6.07. The minimum absolute atomic E-state index is 0.120. The van der Waals surface area contributed by atoms with E-state index in [-0.39, 0.29) is 17.1 Å². The number of carbonyl (C=O) groups is 1. The number of carbonyl (C=O) groups excluding carboxylic acids is 1. The molecule has 5 nitrogen and oxygen atoms in total. The highest BCUT2D eigenvalue weighted by atomic mass is 19.3. The molecule has 0 radical (unpaired) electrons. The fraction of sp³-hybridized carbons (Fsp3) is 0.273. The van der Waals surface area contributed by atoms with E-state index in [1.54, 1.807) is 6.07 Å². The van der Waals surface area contributed by atoms with Crippen LogP contribution in [0.3, 0.4) is 0 Å². The van der Waals surface area contributed by atoms with Gasteiger partial charge in [-0.15, -0.1) is 0 Å². The molecular weight excluding hydrogens is 378 g/mol. The van der Waals surface area contributed by atoms with Crippen LogP contribution < -0.4 is 14.8 Å². The van der Waals surface area contributed by atoms with Crippen molar-refractivity contribution in [2.24, 2.45) is 0 Å². The molecule has 0 saturated carbocycles. The number of alkyl halides is 2. The van der Waals surface area contributed by atoms with Crippen LogP contribution in [0.4, 0.5) is 14.5 Å². The molecule has 0 fully saturated rings. The van der Waals surface area contributed by atoms with E-state index in [1.165, 1.54) is 25.3 Å². The third kappa shape index (κ3) is 5.55. The standard InChI is InChI=1S/C22H22F2N2O3/c1-4-15-7-6-8-16(5-2)20(15)26-21(27)17(13-25)11-14-9-10-18(28-3)19(12-14)29-22(23)24/h6-12,22H,4-5H2,1-3H3,(H,26,27)/b17-11+. The lowest BCUT2D eigenvalue weighted by Gasteiger charge is -2.14. The smallest absolute Gasteiger partial charge is 0.387 e. The van der Waals surface area contributed by atoms with Crippen molar-refractivity contribution in [1.82, 2.24) is 0 Å². The van der Waals surface area contributed by atoms with Gasteiger partial charge in [-0.3, -0.25) is 4.79 Å². The van der Waals surface area contributed by atoms with Gasteiger partial charge in [0.2, 0.25) is 0 Å². The van der Waals surface area contributed by atoms with Crippen LogP contribution in [0.15, 0.2) is 42.0 Å². The highest BCUT2D eigenvalue weighted by Gasteiger charge is 2.15. The normalized spacial score (nSPS) is 11.1. The summed E-state index contributed by atoms with van der Waals surface area (Å²) in [5, 5.41) is 12.3. The molecule has 0 aliphatic carbocycles. The van der Waals surface area contributed by atoms with Crippen molar-refractivity contribution in [2.75, 3.05) is 12.4 Å². The van der Waals surface area contributed by atoms with Gasteiger partial charge in [-0.1, -0.05) is 38.1 Å². The molecule has 152 valence electrons. The highest BCUT2D eigenvalue weighted by molar-refractivity contribution is 6.10. The molecule has 0 atom stereocenters. The van der Waals surface area contributed by atoms with Gasteiger partial charge in [0, 0.05) is 5.69 Å². The predicted molar refractivity (Wildman–Crippen MR) is 107 cm³/mol. The molecule has 0 aliphatic rings. The Balaban J connectivity index is 2.36. The number of rotatable bonds is 8. The van der Waals surface area contributed by atoms with Crippen LogP contribution in [-0.4, -0.2) is 19.6 Å². The van der Waals surface area contributed by atoms with Crippen LogP contribution in [-0.2, 0) is 17.6 Å². The maximum absolute atomic E-state index is 12.7. The Bertz CT molecular complexity index is 927. The fourth-order valence-electron chi connectivity index (χ4n) is 2.87. The van der Waals surface area contributed by atoms with Crippen molar-refractivity contribution in [3.05, 3.63) is 58.7 Å². The molecule has 7 heteroatoms. The van der Waals surface area contributed by atoms with Crippen LogP contribution in [0.5, 0.6) is 11.5 Å². The molecule has 0 heterocycles. The van der Waals surface area contributed by atoms with E-state index in [4.69, 9.17) is 4.74 Å². The zero-order valence-corrected chi connectivity index (χ0v) is 16.5. The van der Waals surface area contributed by atoms with E-state index in [0.717, 1.165) is 24.0 Å². The second kappa shape index (κ2) is 10.2. The quantitative estimate of drug-likeness (QED) is 0.502. The van der Waals surface area contributed by atoms with E-state index in [9.17, 15) is 18.8 Å². The lowest BCUT2D eigenvalue weighted by atomic mass is 10.0. The minimum Gasteiger partial charge on any atom is -0.493 e. The maximum Gasteiger partial charge on any atom is 0.387 e. The van der Waals surface area contributed by atoms with Crippen LogP contribution in [0.1, 0.15) is 30.5 Å². The number of nitriles is 1. The zero-order chi connectivity index (χ0) is 21.4. The third-order valence-electron chi connectivity index (χ3n) is 4.32. The average Bonchev–Trinajstić information content (AvgIpc) is 2.71. The monoisotopic (exact) mass is 400 g/mol. The minimum atomic E-state index is -3.03. The molecule has 0 spiro atoms.